The van der Waals surface area contributed by atoms with Crippen LogP contribution in [0.1, 0.15) is 0 Å². The second-order valence-corrected chi connectivity index (χ2v) is 2.90. The summed E-state index contributed by atoms with van der Waals surface area (Å²) in [7, 11) is 0. The lowest BCUT2D eigenvalue weighted by Gasteiger charge is -2.25. The van der Waals surface area contributed by atoms with Gasteiger partial charge in [-0.15, -0.1) is 11.6 Å². The normalized spacial score (nSPS) is 38.1. The molecular weight excluding hydrogens is 197 g/mol. The van der Waals surface area contributed by atoms with Crippen LogP contribution in [0.15, 0.2) is 16.2 Å². The summed E-state index contributed by atoms with van der Waals surface area (Å²) in [6.07, 6.45) is 0.801. The third kappa shape index (κ3) is 1.38. The Morgan fingerprint density at radius 3 is 2.73 bits per heavy atom. The smallest absolute Gasteiger partial charge is 0.221 e. The van der Waals surface area contributed by atoms with Crippen LogP contribution in [-0.2, 0) is 0 Å². The Bertz CT molecular complexity index is 237. The Hall–Kier alpha value is -0.190. The standard InChI is InChI=1S/C5H4Cl2F2N2/c6-2-1-11-4(8)3(7)5(2,9)10/h1,3H,10H2. The molecule has 0 saturated carbocycles. The van der Waals surface area contributed by atoms with Crippen molar-refractivity contribution in [3.63, 3.8) is 0 Å². The van der Waals surface area contributed by atoms with E-state index >= 15 is 0 Å². The lowest BCUT2D eigenvalue weighted by Crippen LogP contribution is -2.48. The van der Waals surface area contributed by atoms with Crippen LogP contribution in [0.3, 0.4) is 0 Å². The fraction of sp³-hybridized carbons (Fsp3) is 0.400. The predicted molar refractivity (Wildman–Crippen MR) is 40.1 cm³/mol. The van der Waals surface area contributed by atoms with Gasteiger partial charge in [0, 0.05) is 6.20 Å². The molecule has 0 amide bonds. The van der Waals surface area contributed by atoms with Crippen LogP contribution >= 0.6 is 23.2 Å². The Balaban J connectivity index is 3.03. The number of aliphatic imine (C=N–C) groups is 1. The SMILES string of the molecule is NC1(F)C(Cl)=CN=C(F)C1Cl. The zero-order chi connectivity index (χ0) is 8.65. The van der Waals surface area contributed by atoms with Crippen LogP contribution in [0.2, 0.25) is 0 Å². The van der Waals surface area contributed by atoms with E-state index in [4.69, 9.17) is 28.9 Å². The second kappa shape index (κ2) is 2.69. The summed E-state index contributed by atoms with van der Waals surface area (Å²) in [5, 5.41) is -2.04. The minimum absolute atomic E-state index is 0.404. The number of nitrogens with zero attached hydrogens (tertiary/aromatic N) is 1. The molecule has 0 radical (unpaired) electrons. The van der Waals surface area contributed by atoms with Crippen molar-refractivity contribution in [2.75, 3.05) is 0 Å². The zero-order valence-corrected chi connectivity index (χ0v) is 6.70. The van der Waals surface area contributed by atoms with Crippen molar-refractivity contribution in [1.29, 1.82) is 0 Å². The first-order chi connectivity index (χ1) is 4.96. The van der Waals surface area contributed by atoms with Crippen molar-refractivity contribution in [1.82, 2.24) is 0 Å². The van der Waals surface area contributed by atoms with Crippen molar-refractivity contribution in [3.05, 3.63) is 11.2 Å². The van der Waals surface area contributed by atoms with Gasteiger partial charge in [-0.2, -0.15) is 4.39 Å². The summed E-state index contributed by atoms with van der Waals surface area (Å²) in [6, 6.07) is 0. The third-order valence-corrected chi connectivity index (χ3v) is 2.13. The molecule has 2 N–H and O–H groups in total. The minimum Gasteiger partial charge on any atom is -0.293 e. The van der Waals surface area contributed by atoms with Gasteiger partial charge in [0.2, 0.25) is 11.8 Å². The Kier molecular flexibility index (Phi) is 2.18. The van der Waals surface area contributed by atoms with Crippen molar-refractivity contribution < 1.29 is 8.78 Å². The number of hydrogen-bond acceptors (Lipinski definition) is 2. The van der Waals surface area contributed by atoms with Gasteiger partial charge in [-0.05, 0) is 0 Å². The van der Waals surface area contributed by atoms with Crippen LogP contribution in [-0.4, -0.2) is 17.1 Å². The van der Waals surface area contributed by atoms with Gasteiger partial charge in [0.05, 0.1) is 5.03 Å². The average molecular weight is 201 g/mol. The highest BCUT2D eigenvalue weighted by atomic mass is 35.5. The summed E-state index contributed by atoms with van der Waals surface area (Å²) in [6.45, 7) is 0. The van der Waals surface area contributed by atoms with E-state index < -0.39 is 22.2 Å². The van der Waals surface area contributed by atoms with Gasteiger partial charge in [-0.3, -0.25) is 5.73 Å². The molecule has 2 unspecified atom stereocenters. The van der Waals surface area contributed by atoms with Gasteiger partial charge in [0.1, 0.15) is 0 Å². The molecule has 0 bridgehead atoms. The lowest BCUT2D eigenvalue weighted by atomic mass is 10.1. The molecule has 0 saturated heterocycles. The van der Waals surface area contributed by atoms with Gasteiger partial charge in [0.25, 0.3) is 0 Å². The maximum absolute atomic E-state index is 13.0. The number of alkyl halides is 2. The van der Waals surface area contributed by atoms with E-state index in [0.29, 0.717) is 0 Å². The summed E-state index contributed by atoms with van der Waals surface area (Å²) in [5.74, 6) is -3.62. The van der Waals surface area contributed by atoms with E-state index in [1.54, 1.807) is 0 Å². The molecule has 1 heterocycles. The molecule has 6 heteroatoms. The molecule has 0 aromatic heterocycles. The van der Waals surface area contributed by atoms with Gasteiger partial charge in [-0.25, -0.2) is 9.38 Å². The number of halogens is 4. The Morgan fingerprint density at radius 2 is 2.27 bits per heavy atom. The predicted octanol–water partition coefficient (Wildman–Crippen LogP) is 1.68. The summed E-state index contributed by atoms with van der Waals surface area (Å²) in [4.78, 5) is 3.09. The summed E-state index contributed by atoms with van der Waals surface area (Å²) >= 11 is 10.5. The van der Waals surface area contributed by atoms with Crippen LogP contribution in [0, 0.1) is 0 Å². The topological polar surface area (TPSA) is 38.4 Å². The van der Waals surface area contributed by atoms with Crippen molar-refractivity contribution >= 4 is 29.2 Å². The third-order valence-electron chi connectivity index (χ3n) is 1.25. The van der Waals surface area contributed by atoms with E-state index in [1.165, 1.54) is 0 Å². The Labute approximate surface area is 71.7 Å². The highest BCUT2D eigenvalue weighted by Crippen LogP contribution is 2.31. The zero-order valence-electron chi connectivity index (χ0n) is 5.19. The minimum atomic E-state index is -2.55. The molecule has 62 valence electrons. The van der Waals surface area contributed by atoms with E-state index in [0.717, 1.165) is 6.20 Å². The fourth-order valence-corrected chi connectivity index (χ4v) is 0.965. The lowest BCUT2D eigenvalue weighted by molar-refractivity contribution is 0.240. The monoisotopic (exact) mass is 200 g/mol. The number of rotatable bonds is 0. The molecule has 0 aromatic rings. The summed E-state index contributed by atoms with van der Waals surface area (Å²) in [5.41, 5.74) is 4.94. The Morgan fingerprint density at radius 1 is 1.73 bits per heavy atom. The van der Waals surface area contributed by atoms with Crippen LogP contribution in [0.25, 0.3) is 0 Å². The van der Waals surface area contributed by atoms with Gasteiger partial charge in [0.15, 0.2) is 5.38 Å². The van der Waals surface area contributed by atoms with Gasteiger partial charge in [-0.1, -0.05) is 11.6 Å². The molecule has 1 aliphatic heterocycles. The molecule has 0 aromatic carbocycles. The van der Waals surface area contributed by atoms with E-state index in [2.05, 4.69) is 4.99 Å². The van der Waals surface area contributed by atoms with Crippen LogP contribution in [0.5, 0.6) is 0 Å². The van der Waals surface area contributed by atoms with E-state index in [-0.39, 0.29) is 0 Å². The highest BCUT2D eigenvalue weighted by Gasteiger charge is 2.43. The molecule has 2 atom stereocenters. The maximum Gasteiger partial charge on any atom is 0.221 e. The van der Waals surface area contributed by atoms with Crippen molar-refractivity contribution in [3.8, 4) is 0 Å². The molecule has 0 fully saturated rings. The quantitative estimate of drug-likeness (QED) is 0.469. The molecule has 2 nitrogen and oxygen atoms in total. The van der Waals surface area contributed by atoms with Crippen molar-refractivity contribution in [2.45, 2.75) is 11.2 Å². The fourth-order valence-electron chi connectivity index (χ4n) is 0.577. The average Bonchev–Trinajstić information content (AvgIpc) is 1.95. The highest BCUT2D eigenvalue weighted by molar-refractivity contribution is 6.36. The summed E-state index contributed by atoms with van der Waals surface area (Å²) < 4.78 is 25.5. The first-order valence-electron chi connectivity index (χ1n) is 2.67. The first kappa shape index (κ1) is 8.90. The van der Waals surface area contributed by atoms with Crippen LogP contribution in [0.4, 0.5) is 8.78 Å². The first-order valence-corrected chi connectivity index (χ1v) is 3.49. The largest absolute Gasteiger partial charge is 0.293 e. The molecule has 1 rings (SSSR count). The molecule has 11 heavy (non-hydrogen) atoms. The molecule has 0 aliphatic carbocycles. The molecular formula is C5H4Cl2F2N2. The van der Waals surface area contributed by atoms with E-state index in [9.17, 15) is 8.78 Å². The number of hydrogen-bond donors (Lipinski definition) is 1. The van der Waals surface area contributed by atoms with Gasteiger partial charge < -0.3 is 0 Å². The maximum atomic E-state index is 13.0. The molecule has 0 spiro atoms. The van der Waals surface area contributed by atoms with Gasteiger partial charge >= 0.3 is 0 Å². The second-order valence-electron chi connectivity index (χ2n) is 2.06. The number of nitrogens with two attached hydrogens (primary N) is 1. The van der Waals surface area contributed by atoms with Crippen molar-refractivity contribution in [2.24, 2.45) is 10.7 Å². The van der Waals surface area contributed by atoms with Crippen LogP contribution < -0.4 is 5.73 Å². The van der Waals surface area contributed by atoms with E-state index in [1.807, 2.05) is 0 Å². The molecule has 1 aliphatic rings.